The van der Waals surface area contributed by atoms with Crippen LogP contribution in [0.2, 0.25) is 0 Å². The lowest BCUT2D eigenvalue weighted by atomic mass is 9.80. The predicted molar refractivity (Wildman–Crippen MR) is 319 cm³/mol. The molecule has 2 unspecified atom stereocenters. The van der Waals surface area contributed by atoms with Crippen LogP contribution in [-0.2, 0) is 37.2 Å². The number of carbonyl (C=O) groups is 4. The van der Waals surface area contributed by atoms with Gasteiger partial charge in [0.25, 0.3) is 17.7 Å². The minimum Gasteiger partial charge on any atom is -0.389 e. The Balaban J connectivity index is 0.790. The normalized spacial score (nSPS) is 14.2. The van der Waals surface area contributed by atoms with Gasteiger partial charge in [-0.2, -0.15) is 5.10 Å². The van der Waals surface area contributed by atoms with E-state index in [0.717, 1.165) is 54.5 Å². The van der Waals surface area contributed by atoms with Crippen LogP contribution in [0.1, 0.15) is 133 Å². The van der Waals surface area contributed by atoms with Crippen molar-refractivity contribution >= 4 is 80.2 Å². The average Bonchev–Trinajstić information content (AvgIpc) is 4.29. The zero-order valence-electron chi connectivity index (χ0n) is 47.8. The standard InChI is InChI=1S/C60H77N11O5S3/c1-37-27-43(35-77-52-33-63-57(79-52)67-53(73)44-16-13-41(14-17-44)30-61-39(3)58(5,6)7)28-46(38(37)2)55(75)70-25-23-69(24-26-70)51(72)21-22-59(8,9)40(4)62-31-42-15-18-48-47(29-42)65-56(71(48)36-60(10,11)76)66-54(74)50-20-19-49(78-50)45-32-64-68(12)34-45/h13-20,27-29,32-34,39-40,61-62,76H,21-26,30-31,35-36H2,1-12H3,(H2,63,65,66,67,73,74)/p+1. The Morgan fingerprint density at radius 3 is 2.18 bits per heavy atom. The summed E-state index contributed by atoms with van der Waals surface area (Å²) in [5, 5.41) is 27.7. The number of fused-ring (bicyclic) bond motifs is 1. The van der Waals surface area contributed by atoms with Gasteiger partial charge < -0.3 is 30.1 Å². The second kappa shape index (κ2) is 24.7. The lowest BCUT2D eigenvalue weighted by molar-refractivity contribution is -0.726. The van der Waals surface area contributed by atoms with Crippen molar-refractivity contribution < 1.29 is 29.0 Å². The molecular formula is C60H78N11O5S3+. The Labute approximate surface area is 477 Å². The molecule has 5 heterocycles. The van der Waals surface area contributed by atoms with Gasteiger partial charge in [-0.15, -0.1) is 27.8 Å². The average molecular weight is 1130 g/mol. The number of benzene rings is 3. The highest BCUT2D eigenvalue weighted by Crippen LogP contribution is 2.34. The van der Waals surface area contributed by atoms with Gasteiger partial charge in [-0.05, 0) is 129 Å². The van der Waals surface area contributed by atoms with E-state index >= 15 is 0 Å². The van der Waals surface area contributed by atoms with Crippen molar-refractivity contribution in [1.82, 2.24) is 40.1 Å². The summed E-state index contributed by atoms with van der Waals surface area (Å²) < 4.78 is 4.67. The minimum absolute atomic E-state index is 0.0213. The zero-order chi connectivity index (χ0) is 57.0. The van der Waals surface area contributed by atoms with Crippen LogP contribution in [-0.4, -0.2) is 102 Å². The molecule has 1 aliphatic rings. The first kappa shape index (κ1) is 58.9. The number of aryl methyl sites for hydroxylation is 2. The van der Waals surface area contributed by atoms with Crippen LogP contribution in [0, 0.1) is 24.7 Å². The number of H-pyrrole nitrogens is 1. The first-order valence-electron chi connectivity index (χ1n) is 27.1. The summed E-state index contributed by atoms with van der Waals surface area (Å²) in [5.74, 6) is 0.601. The number of aromatic nitrogens is 5. The molecule has 1 fully saturated rings. The topological polar surface area (TPSA) is 193 Å². The Kier molecular flexibility index (Phi) is 18.4. The van der Waals surface area contributed by atoms with Crippen LogP contribution in [0.5, 0.6) is 0 Å². The highest BCUT2D eigenvalue weighted by Gasteiger charge is 2.31. The number of nitrogens with zero attached hydrogens (tertiary/aromatic N) is 6. The summed E-state index contributed by atoms with van der Waals surface area (Å²) >= 11 is 4.45. The maximum absolute atomic E-state index is 14.1. The van der Waals surface area contributed by atoms with E-state index in [0.29, 0.717) is 90.0 Å². The lowest BCUT2D eigenvalue weighted by Crippen LogP contribution is -2.51. The molecule has 4 aromatic heterocycles. The molecule has 0 radical (unpaired) electrons. The van der Waals surface area contributed by atoms with Crippen molar-refractivity contribution in [2.24, 2.45) is 17.9 Å². The number of carbonyl (C=O) groups excluding carboxylic acids is 4. The Hall–Kier alpha value is -6.22. The van der Waals surface area contributed by atoms with E-state index in [1.807, 2.05) is 113 Å². The molecule has 3 aromatic carbocycles. The van der Waals surface area contributed by atoms with Crippen molar-refractivity contribution in [3.8, 4) is 10.4 Å². The van der Waals surface area contributed by atoms with Gasteiger partial charge in [-0.1, -0.05) is 70.2 Å². The largest absolute Gasteiger partial charge is 0.389 e. The number of imidazole rings is 1. The van der Waals surface area contributed by atoms with Gasteiger partial charge in [-0.25, -0.2) is 9.97 Å². The summed E-state index contributed by atoms with van der Waals surface area (Å²) in [6.45, 7) is 26.3. The maximum atomic E-state index is 14.1. The van der Waals surface area contributed by atoms with Gasteiger partial charge in [0.15, 0.2) is 12.2 Å². The molecule has 0 bridgehead atoms. The number of amides is 4. The Morgan fingerprint density at radius 1 is 0.810 bits per heavy atom. The van der Waals surface area contributed by atoms with E-state index in [1.165, 1.54) is 22.7 Å². The molecule has 7 aromatic rings. The smallest absolute Gasteiger partial charge is 0.268 e. The molecule has 420 valence electrons. The Bertz CT molecular complexity index is 3300. The van der Waals surface area contributed by atoms with Gasteiger partial charge in [0.05, 0.1) is 50.2 Å². The number of thioether (sulfide) groups is 1. The molecule has 1 saturated heterocycles. The number of aliphatic hydroxyl groups is 1. The fraction of sp³-hybridized carbons (Fsp3) is 0.450. The van der Waals surface area contributed by atoms with Gasteiger partial charge in [0.1, 0.15) is 0 Å². The van der Waals surface area contributed by atoms with Crippen molar-refractivity contribution in [3.05, 3.63) is 129 Å². The molecule has 0 aliphatic carbocycles. The monoisotopic (exact) mass is 1130 g/mol. The molecule has 4 amide bonds. The number of piperazine rings is 1. The Morgan fingerprint density at radius 2 is 1.49 bits per heavy atom. The van der Waals surface area contributed by atoms with Crippen LogP contribution in [0.3, 0.4) is 0 Å². The van der Waals surface area contributed by atoms with Crippen LogP contribution in [0.15, 0.2) is 89.5 Å². The first-order chi connectivity index (χ1) is 37.3. The number of rotatable bonds is 21. The summed E-state index contributed by atoms with van der Waals surface area (Å²) in [6, 6.07) is 22.0. The van der Waals surface area contributed by atoms with Gasteiger partial charge in [-0.3, -0.25) is 29.8 Å². The summed E-state index contributed by atoms with van der Waals surface area (Å²) in [4.78, 5) is 69.0. The van der Waals surface area contributed by atoms with E-state index < -0.39 is 5.60 Å². The first-order valence-corrected chi connectivity index (χ1v) is 29.7. The minimum atomic E-state index is -1.06. The maximum Gasteiger partial charge on any atom is 0.268 e. The van der Waals surface area contributed by atoms with Gasteiger partial charge in [0.2, 0.25) is 18.1 Å². The third kappa shape index (κ3) is 15.2. The SMILES string of the molecule is Cc1cc(CSc2cnc(NC(=O)c3ccc(CNC(C)C(C)(C)C)cc3)s2)cc(C(=O)N2CCN(C(=O)CCC(C)(C)C(C)NCc3ccc4c(c3)nc(NC(=O)c3ccc(-c5c[nH][n+](C)c5)s3)n4CC(C)(C)O)CC2)c1C. The van der Waals surface area contributed by atoms with E-state index in [1.54, 1.807) is 31.8 Å². The quantitative estimate of drug-likeness (QED) is 0.0298. The molecule has 0 saturated carbocycles. The summed E-state index contributed by atoms with van der Waals surface area (Å²) in [7, 11) is 1.91. The van der Waals surface area contributed by atoms with Crippen molar-refractivity contribution in [1.29, 1.82) is 0 Å². The van der Waals surface area contributed by atoms with Crippen LogP contribution >= 0.6 is 34.4 Å². The summed E-state index contributed by atoms with van der Waals surface area (Å²) in [6.07, 6.45) is 6.72. The number of thiazole rings is 1. The molecule has 16 nitrogen and oxygen atoms in total. The number of anilines is 2. The van der Waals surface area contributed by atoms with E-state index in [-0.39, 0.29) is 47.0 Å². The highest BCUT2D eigenvalue weighted by atomic mass is 32.2. The number of thiophene rings is 1. The number of hydrogen-bond acceptors (Lipinski definition) is 12. The molecule has 0 spiro atoms. The second-order valence-corrected chi connectivity index (χ2v) is 26.9. The number of aromatic amines is 1. The van der Waals surface area contributed by atoms with E-state index in [2.05, 4.69) is 85.9 Å². The zero-order valence-corrected chi connectivity index (χ0v) is 50.2. The van der Waals surface area contributed by atoms with Crippen LogP contribution in [0.25, 0.3) is 21.5 Å². The van der Waals surface area contributed by atoms with E-state index in [9.17, 15) is 24.3 Å². The summed E-state index contributed by atoms with van der Waals surface area (Å²) in [5.41, 5.74) is 7.80. The fourth-order valence-corrected chi connectivity index (χ4v) is 12.0. The van der Waals surface area contributed by atoms with Crippen molar-refractivity contribution in [2.45, 2.75) is 136 Å². The second-order valence-electron chi connectivity index (χ2n) is 23.5. The van der Waals surface area contributed by atoms with Crippen LogP contribution < -0.4 is 25.9 Å². The molecular weight excluding hydrogens is 1050 g/mol. The highest BCUT2D eigenvalue weighted by molar-refractivity contribution is 8.00. The van der Waals surface area contributed by atoms with Crippen molar-refractivity contribution in [2.75, 3.05) is 36.8 Å². The molecule has 6 N–H and O–H groups in total. The fourth-order valence-electron chi connectivity index (χ4n) is 9.27. The molecule has 19 heteroatoms. The molecule has 79 heavy (non-hydrogen) atoms. The van der Waals surface area contributed by atoms with Gasteiger partial charge >= 0.3 is 0 Å². The van der Waals surface area contributed by atoms with Crippen molar-refractivity contribution in [3.63, 3.8) is 0 Å². The van der Waals surface area contributed by atoms with Crippen LogP contribution in [0.4, 0.5) is 11.1 Å². The lowest BCUT2D eigenvalue weighted by Gasteiger charge is -2.37. The molecule has 8 rings (SSSR count). The van der Waals surface area contributed by atoms with Gasteiger partial charge in [0, 0.05) is 79.5 Å². The predicted octanol–water partition coefficient (Wildman–Crippen LogP) is 10.4. The molecule has 2 atom stereocenters. The third-order valence-corrected chi connectivity index (χ3v) is 18.6. The number of hydrogen-bond donors (Lipinski definition) is 6. The van der Waals surface area contributed by atoms with E-state index in [4.69, 9.17) is 4.98 Å². The molecule has 1 aliphatic heterocycles. The third-order valence-electron chi connectivity index (χ3n) is 15.3. The number of nitrogens with one attached hydrogen (secondary N) is 5.